The number of hydrogen-bond acceptors (Lipinski definition) is 5. The molecule has 14 heavy (non-hydrogen) atoms. The van der Waals surface area contributed by atoms with E-state index in [0.717, 1.165) is 10.3 Å². The van der Waals surface area contributed by atoms with Crippen LogP contribution >= 0.6 is 15.9 Å². The molecule has 1 N–H and O–H groups in total. The normalized spacial score (nSPS) is 10.1. The monoisotopic (exact) mass is 254 g/mol. The van der Waals surface area contributed by atoms with Crippen LogP contribution in [0.2, 0.25) is 0 Å². The Morgan fingerprint density at radius 1 is 1.36 bits per heavy atom. The third-order valence-electron chi connectivity index (χ3n) is 1.50. The van der Waals surface area contributed by atoms with Crippen LogP contribution < -0.4 is 5.32 Å². The second-order valence-electron chi connectivity index (χ2n) is 2.62. The van der Waals surface area contributed by atoms with Gasteiger partial charge in [-0.1, -0.05) is 5.10 Å². The zero-order valence-electron chi connectivity index (χ0n) is 7.36. The third-order valence-corrected chi connectivity index (χ3v) is 1.97. The Labute approximate surface area is 88.7 Å². The van der Waals surface area contributed by atoms with Crippen molar-refractivity contribution in [1.29, 1.82) is 0 Å². The van der Waals surface area contributed by atoms with Gasteiger partial charge in [-0.25, -0.2) is 4.98 Å². The first kappa shape index (κ1) is 9.14. The van der Waals surface area contributed by atoms with Gasteiger partial charge >= 0.3 is 6.01 Å². The van der Waals surface area contributed by atoms with E-state index in [1.807, 2.05) is 12.1 Å². The van der Waals surface area contributed by atoms with Gasteiger partial charge < -0.3 is 9.73 Å². The van der Waals surface area contributed by atoms with Crippen molar-refractivity contribution < 1.29 is 4.42 Å². The lowest BCUT2D eigenvalue weighted by atomic mass is 10.4. The Bertz CT molecular complexity index is 425. The molecule has 0 fully saturated rings. The van der Waals surface area contributed by atoms with Gasteiger partial charge in [0.15, 0.2) is 0 Å². The zero-order chi connectivity index (χ0) is 9.97. The minimum atomic E-state index is 0.367. The summed E-state index contributed by atoms with van der Waals surface area (Å²) in [5, 5.41) is 10.4. The minimum absolute atomic E-state index is 0.367. The molecule has 0 bridgehead atoms. The SMILES string of the molecule is Cc1nnc(Nc2ccc(Br)nc2)o1. The van der Waals surface area contributed by atoms with Crippen molar-refractivity contribution >= 4 is 27.6 Å². The molecule has 6 heteroatoms. The smallest absolute Gasteiger partial charge is 0.320 e. The van der Waals surface area contributed by atoms with E-state index in [4.69, 9.17) is 4.42 Å². The largest absolute Gasteiger partial charge is 0.408 e. The number of nitrogens with zero attached hydrogens (tertiary/aromatic N) is 3. The summed E-state index contributed by atoms with van der Waals surface area (Å²) in [6.07, 6.45) is 1.67. The van der Waals surface area contributed by atoms with Crippen molar-refractivity contribution in [3.63, 3.8) is 0 Å². The predicted octanol–water partition coefficient (Wildman–Crippen LogP) is 2.28. The van der Waals surface area contributed by atoms with Crippen molar-refractivity contribution in [1.82, 2.24) is 15.2 Å². The average Bonchev–Trinajstić information content (AvgIpc) is 2.56. The second kappa shape index (κ2) is 3.75. The molecule has 0 saturated carbocycles. The lowest BCUT2D eigenvalue weighted by molar-refractivity contribution is 0.535. The first-order valence-electron chi connectivity index (χ1n) is 3.93. The highest BCUT2D eigenvalue weighted by atomic mass is 79.9. The third kappa shape index (κ3) is 2.08. The summed E-state index contributed by atoms with van der Waals surface area (Å²) in [7, 11) is 0. The number of rotatable bonds is 2. The van der Waals surface area contributed by atoms with Crippen molar-refractivity contribution in [2.75, 3.05) is 5.32 Å². The zero-order valence-corrected chi connectivity index (χ0v) is 8.95. The summed E-state index contributed by atoms with van der Waals surface area (Å²) in [6.45, 7) is 1.73. The number of anilines is 2. The van der Waals surface area contributed by atoms with Gasteiger partial charge in [0, 0.05) is 6.92 Å². The number of halogens is 1. The maximum atomic E-state index is 5.14. The van der Waals surface area contributed by atoms with E-state index in [1.165, 1.54) is 0 Å². The number of aromatic nitrogens is 3. The Hall–Kier alpha value is -1.43. The fourth-order valence-corrected chi connectivity index (χ4v) is 1.15. The molecule has 2 rings (SSSR count). The summed E-state index contributed by atoms with van der Waals surface area (Å²) < 4.78 is 5.93. The molecule has 5 nitrogen and oxygen atoms in total. The van der Waals surface area contributed by atoms with Crippen LogP contribution in [0.4, 0.5) is 11.7 Å². The molecule has 2 heterocycles. The van der Waals surface area contributed by atoms with Crippen LogP contribution in [-0.2, 0) is 0 Å². The Balaban J connectivity index is 2.15. The van der Waals surface area contributed by atoms with E-state index >= 15 is 0 Å². The molecule has 72 valence electrons. The van der Waals surface area contributed by atoms with Crippen molar-refractivity contribution in [2.45, 2.75) is 6.92 Å². The lowest BCUT2D eigenvalue weighted by Gasteiger charge is -1.99. The topological polar surface area (TPSA) is 63.8 Å². The first-order valence-corrected chi connectivity index (χ1v) is 4.72. The summed E-state index contributed by atoms with van der Waals surface area (Å²) in [6, 6.07) is 4.05. The summed E-state index contributed by atoms with van der Waals surface area (Å²) >= 11 is 3.24. The number of hydrogen-bond donors (Lipinski definition) is 1. The van der Waals surface area contributed by atoms with Crippen molar-refractivity contribution in [3.8, 4) is 0 Å². The van der Waals surface area contributed by atoms with Crippen LogP contribution in [0.25, 0.3) is 0 Å². The van der Waals surface area contributed by atoms with E-state index < -0.39 is 0 Å². The minimum Gasteiger partial charge on any atom is -0.408 e. The molecule has 0 atom stereocenters. The lowest BCUT2D eigenvalue weighted by Crippen LogP contribution is -1.90. The fourth-order valence-electron chi connectivity index (χ4n) is 0.920. The molecule has 2 aromatic rings. The van der Waals surface area contributed by atoms with E-state index in [0.29, 0.717) is 11.9 Å². The molecule has 0 spiro atoms. The molecule has 0 aliphatic heterocycles. The van der Waals surface area contributed by atoms with E-state index in [9.17, 15) is 0 Å². The molecule has 2 aromatic heterocycles. The molecule has 0 aromatic carbocycles. The van der Waals surface area contributed by atoms with Crippen LogP contribution in [0, 0.1) is 6.92 Å². The van der Waals surface area contributed by atoms with E-state index in [1.54, 1.807) is 13.1 Å². The molecule has 0 radical (unpaired) electrons. The van der Waals surface area contributed by atoms with Crippen LogP contribution in [-0.4, -0.2) is 15.2 Å². The summed E-state index contributed by atoms with van der Waals surface area (Å²) in [5.41, 5.74) is 0.803. The van der Waals surface area contributed by atoms with Crippen LogP contribution in [0.1, 0.15) is 5.89 Å². The van der Waals surface area contributed by atoms with Gasteiger partial charge in [-0.05, 0) is 28.1 Å². The molecular formula is C8H7BrN4O. The highest BCUT2D eigenvalue weighted by Crippen LogP contribution is 2.15. The van der Waals surface area contributed by atoms with Gasteiger partial charge in [0.25, 0.3) is 0 Å². The molecule has 0 aliphatic carbocycles. The van der Waals surface area contributed by atoms with Gasteiger partial charge in [0.05, 0.1) is 11.9 Å². The highest BCUT2D eigenvalue weighted by molar-refractivity contribution is 9.10. The molecule has 0 unspecified atom stereocenters. The fraction of sp³-hybridized carbons (Fsp3) is 0.125. The van der Waals surface area contributed by atoms with Crippen molar-refractivity contribution in [3.05, 3.63) is 28.8 Å². The highest BCUT2D eigenvalue weighted by Gasteiger charge is 2.01. The Morgan fingerprint density at radius 2 is 2.21 bits per heavy atom. The van der Waals surface area contributed by atoms with E-state index in [-0.39, 0.29) is 0 Å². The molecule has 0 amide bonds. The quantitative estimate of drug-likeness (QED) is 0.834. The van der Waals surface area contributed by atoms with Gasteiger partial charge in [0.2, 0.25) is 5.89 Å². The molecular weight excluding hydrogens is 248 g/mol. The summed E-state index contributed by atoms with van der Waals surface area (Å²) in [4.78, 5) is 4.05. The number of nitrogens with one attached hydrogen (secondary N) is 1. The summed E-state index contributed by atoms with van der Waals surface area (Å²) in [5.74, 6) is 0.526. The van der Waals surface area contributed by atoms with Crippen LogP contribution in [0.15, 0.2) is 27.3 Å². The second-order valence-corrected chi connectivity index (χ2v) is 3.43. The maximum absolute atomic E-state index is 5.14. The van der Waals surface area contributed by atoms with E-state index in [2.05, 4.69) is 36.4 Å². The predicted molar refractivity (Wildman–Crippen MR) is 54.3 cm³/mol. The van der Waals surface area contributed by atoms with Crippen LogP contribution in [0.5, 0.6) is 0 Å². The van der Waals surface area contributed by atoms with Gasteiger partial charge in [-0.2, -0.15) is 0 Å². The molecule has 0 aliphatic rings. The van der Waals surface area contributed by atoms with Gasteiger partial charge in [-0.3, -0.25) is 0 Å². The average molecular weight is 255 g/mol. The first-order chi connectivity index (χ1) is 6.74. The number of aryl methyl sites for hydroxylation is 1. The Morgan fingerprint density at radius 3 is 2.79 bits per heavy atom. The maximum Gasteiger partial charge on any atom is 0.320 e. The standard InChI is InChI=1S/C8H7BrN4O/c1-5-12-13-8(14-5)11-6-2-3-7(9)10-4-6/h2-4H,1H3,(H,11,13). The molecule has 0 saturated heterocycles. The van der Waals surface area contributed by atoms with Gasteiger partial charge in [-0.15, -0.1) is 5.10 Å². The Kier molecular flexibility index (Phi) is 2.45. The van der Waals surface area contributed by atoms with Crippen molar-refractivity contribution in [2.24, 2.45) is 0 Å². The van der Waals surface area contributed by atoms with Crippen LogP contribution in [0.3, 0.4) is 0 Å². The van der Waals surface area contributed by atoms with Gasteiger partial charge in [0.1, 0.15) is 4.60 Å². The number of pyridine rings is 1.